The number of benzene rings is 1. The van der Waals surface area contributed by atoms with Gasteiger partial charge >= 0.3 is 6.03 Å². The monoisotopic (exact) mass is 341 g/mol. The summed E-state index contributed by atoms with van der Waals surface area (Å²) in [6.07, 6.45) is 1.72. The number of amides is 2. The highest BCUT2D eigenvalue weighted by Crippen LogP contribution is 2.16. The number of nitrogens with one attached hydrogen (secondary N) is 2. The minimum atomic E-state index is -0.271. The predicted molar refractivity (Wildman–Crippen MR) is 96.8 cm³/mol. The van der Waals surface area contributed by atoms with Crippen LogP contribution in [0.4, 0.5) is 16.3 Å². The molecule has 1 aromatic heterocycles. The minimum Gasteiger partial charge on any atom is -0.378 e. The Morgan fingerprint density at radius 1 is 1.24 bits per heavy atom. The van der Waals surface area contributed by atoms with Gasteiger partial charge in [0.25, 0.3) is 0 Å². The molecule has 2 N–H and O–H groups in total. The highest BCUT2D eigenvalue weighted by atomic mass is 16.5. The van der Waals surface area contributed by atoms with E-state index in [-0.39, 0.29) is 12.6 Å². The molecule has 2 aromatic rings. The second kappa shape index (κ2) is 7.94. The fraction of sp³-hybridized carbons (Fsp3) is 0.389. The molecule has 1 aliphatic rings. The van der Waals surface area contributed by atoms with Crippen LogP contribution in [-0.2, 0) is 11.3 Å². The number of anilines is 2. The van der Waals surface area contributed by atoms with Gasteiger partial charge in [-0.1, -0.05) is 17.7 Å². The van der Waals surface area contributed by atoms with Crippen molar-refractivity contribution in [3.63, 3.8) is 0 Å². The molecule has 0 unspecified atom stereocenters. The van der Waals surface area contributed by atoms with Crippen LogP contribution in [0.3, 0.4) is 0 Å². The third-order valence-corrected chi connectivity index (χ3v) is 4.06. The summed E-state index contributed by atoms with van der Waals surface area (Å²) in [7, 11) is 0. The molecule has 0 spiro atoms. The maximum absolute atomic E-state index is 12.1. The number of aromatic nitrogens is 2. The Morgan fingerprint density at radius 3 is 2.80 bits per heavy atom. The van der Waals surface area contributed by atoms with Crippen molar-refractivity contribution in [2.75, 3.05) is 36.5 Å². The van der Waals surface area contributed by atoms with Crippen molar-refractivity contribution in [2.45, 2.75) is 20.4 Å². The van der Waals surface area contributed by atoms with E-state index in [1.807, 2.05) is 38.1 Å². The van der Waals surface area contributed by atoms with E-state index in [1.165, 1.54) is 0 Å². The third kappa shape index (κ3) is 4.67. The molecule has 132 valence electrons. The van der Waals surface area contributed by atoms with Gasteiger partial charge in [-0.25, -0.2) is 14.8 Å². The van der Waals surface area contributed by atoms with E-state index >= 15 is 0 Å². The second-order valence-corrected chi connectivity index (χ2v) is 6.06. The normalized spacial score (nSPS) is 14.2. The Labute approximate surface area is 147 Å². The lowest BCUT2D eigenvalue weighted by atomic mass is 10.1. The standard InChI is InChI=1S/C18H23N5O2/c1-13-3-4-15(14(2)11-13)21-18(24)20-12-16-19-6-5-17(22-16)23-7-9-25-10-8-23/h3-6,11H,7-10,12H2,1-2H3,(H2,20,21,24). The van der Waals surface area contributed by atoms with Crippen molar-refractivity contribution in [3.8, 4) is 0 Å². The number of carbonyl (C=O) groups excluding carboxylic acids is 1. The number of hydrogen-bond acceptors (Lipinski definition) is 5. The summed E-state index contributed by atoms with van der Waals surface area (Å²) in [5, 5.41) is 5.65. The van der Waals surface area contributed by atoms with E-state index in [0.29, 0.717) is 19.0 Å². The van der Waals surface area contributed by atoms with Crippen LogP contribution in [0, 0.1) is 13.8 Å². The van der Waals surface area contributed by atoms with E-state index in [9.17, 15) is 4.79 Å². The van der Waals surface area contributed by atoms with Gasteiger partial charge in [-0.15, -0.1) is 0 Å². The number of hydrogen-bond donors (Lipinski definition) is 2. The first-order valence-corrected chi connectivity index (χ1v) is 8.38. The van der Waals surface area contributed by atoms with Gasteiger partial charge in [-0.3, -0.25) is 0 Å². The van der Waals surface area contributed by atoms with Gasteiger partial charge in [0.15, 0.2) is 0 Å². The molecule has 1 saturated heterocycles. The summed E-state index contributed by atoms with van der Waals surface area (Å²) < 4.78 is 5.35. The Hall–Kier alpha value is -2.67. The van der Waals surface area contributed by atoms with Gasteiger partial charge < -0.3 is 20.3 Å². The molecule has 7 nitrogen and oxygen atoms in total. The Bertz CT molecular complexity index is 744. The van der Waals surface area contributed by atoms with Crippen LogP contribution in [0.25, 0.3) is 0 Å². The van der Waals surface area contributed by atoms with Crippen LogP contribution < -0.4 is 15.5 Å². The number of rotatable bonds is 4. The van der Waals surface area contributed by atoms with Gasteiger partial charge in [-0.2, -0.15) is 0 Å². The van der Waals surface area contributed by atoms with E-state index in [2.05, 4.69) is 25.5 Å². The zero-order valence-electron chi connectivity index (χ0n) is 14.6. The molecule has 2 heterocycles. The number of morpholine rings is 1. The first-order valence-electron chi connectivity index (χ1n) is 8.38. The lowest BCUT2D eigenvalue weighted by molar-refractivity contribution is 0.122. The average molecular weight is 341 g/mol. The summed E-state index contributed by atoms with van der Waals surface area (Å²) in [5.41, 5.74) is 2.99. The molecule has 1 fully saturated rings. The molecule has 7 heteroatoms. The summed E-state index contributed by atoms with van der Waals surface area (Å²) in [6.45, 7) is 7.31. The van der Waals surface area contributed by atoms with Gasteiger partial charge in [0.2, 0.25) is 0 Å². The quantitative estimate of drug-likeness (QED) is 0.892. The molecule has 0 atom stereocenters. The number of nitrogens with zero attached hydrogens (tertiary/aromatic N) is 3. The van der Waals surface area contributed by atoms with Gasteiger partial charge in [0.1, 0.15) is 11.6 Å². The van der Waals surface area contributed by atoms with Crippen LogP contribution in [-0.4, -0.2) is 42.3 Å². The zero-order chi connectivity index (χ0) is 17.6. The maximum Gasteiger partial charge on any atom is 0.319 e. The molecule has 25 heavy (non-hydrogen) atoms. The third-order valence-electron chi connectivity index (χ3n) is 4.06. The summed E-state index contributed by atoms with van der Waals surface area (Å²) >= 11 is 0. The summed E-state index contributed by atoms with van der Waals surface area (Å²) in [6, 6.07) is 7.51. The number of ether oxygens (including phenoxy) is 1. The van der Waals surface area contributed by atoms with Crippen LogP contribution in [0.15, 0.2) is 30.5 Å². The molecule has 0 saturated carbocycles. The zero-order valence-corrected chi connectivity index (χ0v) is 14.6. The van der Waals surface area contributed by atoms with E-state index in [4.69, 9.17) is 4.74 Å². The van der Waals surface area contributed by atoms with Crippen LogP contribution in [0.2, 0.25) is 0 Å². The molecule has 0 aliphatic carbocycles. The fourth-order valence-electron chi connectivity index (χ4n) is 2.72. The summed E-state index contributed by atoms with van der Waals surface area (Å²) in [5.74, 6) is 1.45. The Balaban J connectivity index is 1.56. The summed E-state index contributed by atoms with van der Waals surface area (Å²) in [4.78, 5) is 23.0. The lowest BCUT2D eigenvalue weighted by Gasteiger charge is -2.27. The molecule has 0 bridgehead atoms. The van der Waals surface area contributed by atoms with Gasteiger partial charge in [-0.05, 0) is 31.5 Å². The average Bonchev–Trinajstić information content (AvgIpc) is 2.63. The van der Waals surface area contributed by atoms with Gasteiger partial charge in [0.05, 0.1) is 19.8 Å². The highest BCUT2D eigenvalue weighted by molar-refractivity contribution is 5.90. The second-order valence-electron chi connectivity index (χ2n) is 6.06. The molecule has 0 radical (unpaired) electrons. The molecule has 2 amide bonds. The van der Waals surface area contributed by atoms with Crippen molar-refractivity contribution in [1.82, 2.24) is 15.3 Å². The minimum absolute atomic E-state index is 0.271. The van der Waals surface area contributed by atoms with Crippen LogP contribution in [0.1, 0.15) is 17.0 Å². The maximum atomic E-state index is 12.1. The number of aryl methyl sites for hydroxylation is 2. The highest BCUT2D eigenvalue weighted by Gasteiger charge is 2.13. The van der Waals surface area contributed by atoms with E-state index in [0.717, 1.165) is 35.7 Å². The van der Waals surface area contributed by atoms with Crippen LogP contribution >= 0.6 is 0 Å². The van der Waals surface area contributed by atoms with Crippen LogP contribution in [0.5, 0.6) is 0 Å². The van der Waals surface area contributed by atoms with Crippen molar-refractivity contribution in [2.24, 2.45) is 0 Å². The Morgan fingerprint density at radius 2 is 2.04 bits per heavy atom. The first-order chi connectivity index (χ1) is 12.1. The smallest absolute Gasteiger partial charge is 0.319 e. The lowest BCUT2D eigenvalue weighted by Crippen LogP contribution is -2.37. The number of carbonyl (C=O) groups is 1. The largest absolute Gasteiger partial charge is 0.378 e. The predicted octanol–water partition coefficient (Wildman–Crippen LogP) is 2.25. The first kappa shape index (κ1) is 17.2. The SMILES string of the molecule is Cc1ccc(NC(=O)NCc2nccc(N3CCOCC3)n2)c(C)c1. The molecule has 1 aliphatic heterocycles. The van der Waals surface area contributed by atoms with E-state index in [1.54, 1.807) is 6.20 Å². The Kier molecular flexibility index (Phi) is 5.45. The van der Waals surface area contributed by atoms with E-state index < -0.39 is 0 Å². The molecular formula is C18H23N5O2. The molecule has 1 aromatic carbocycles. The molecular weight excluding hydrogens is 318 g/mol. The number of urea groups is 1. The molecule has 3 rings (SSSR count). The van der Waals surface area contributed by atoms with Gasteiger partial charge in [0, 0.05) is 25.0 Å². The fourth-order valence-corrected chi connectivity index (χ4v) is 2.72. The topological polar surface area (TPSA) is 79.4 Å². The van der Waals surface area contributed by atoms with Crippen molar-refractivity contribution < 1.29 is 9.53 Å². The van der Waals surface area contributed by atoms with Crippen molar-refractivity contribution >= 4 is 17.5 Å². The van der Waals surface area contributed by atoms with Crippen molar-refractivity contribution in [3.05, 3.63) is 47.4 Å². The van der Waals surface area contributed by atoms with Crippen molar-refractivity contribution in [1.29, 1.82) is 0 Å².